The molecule has 11 N–H and O–H groups in total. The Morgan fingerprint density at radius 3 is 1.89 bits per heavy atom. The van der Waals surface area contributed by atoms with Gasteiger partial charge in [0, 0.05) is 0 Å². The molecule has 5 aliphatic carbocycles. The van der Waals surface area contributed by atoms with Gasteiger partial charge in [0.2, 0.25) is 6.29 Å². The van der Waals surface area contributed by atoms with Crippen LogP contribution in [0, 0.1) is 50.2 Å². The summed E-state index contributed by atoms with van der Waals surface area (Å²) in [7, 11) is 0. The average Bonchev–Trinajstić information content (AvgIpc) is 3.32. The number of carboxylic acid groups (broad SMARTS) is 1. The Balaban J connectivity index is 0.928. The van der Waals surface area contributed by atoms with Crippen LogP contribution in [0.3, 0.4) is 0 Å². The fraction of sp³-hybridized carbons (Fsp3) is 0.923. The third-order valence-corrected chi connectivity index (χ3v) is 20.6. The van der Waals surface area contributed by atoms with E-state index in [4.69, 9.17) is 37.9 Å². The van der Waals surface area contributed by atoms with Gasteiger partial charge in [-0.05, 0) is 116 Å². The van der Waals surface area contributed by atoms with Gasteiger partial charge in [0.1, 0.15) is 67.1 Å². The molecule has 0 aromatic heterocycles. The highest BCUT2D eigenvalue weighted by molar-refractivity contribution is 5.79. The molecule has 73 heavy (non-hydrogen) atoms. The van der Waals surface area contributed by atoms with E-state index in [2.05, 4.69) is 54.5 Å². The van der Waals surface area contributed by atoms with Gasteiger partial charge >= 0.3 is 11.9 Å². The van der Waals surface area contributed by atoms with Crippen LogP contribution in [0.5, 0.6) is 0 Å². The zero-order chi connectivity index (χ0) is 53.3. The van der Waals surface area contributed by atoms with Crippen molar-refractivity contribution in [2.45, 2.75) is 236 Å². The van der Waals surface area contributed by atoms with E-state index in [0.29, 0.717) is 25.7 Å². The van der Waals surface area contributed by atoms with Gasteiger partial charge in [-0.1, -0.05) is 60.1 Å². The summed E-state index contributed by atoms with van der Waals surface area (Å²) < 4.78 is 47.4. The highest BCUT2D eigenvalue weighted by Gasteiger charge is 2.70. The number of rotatable bonds is 9. The summed E-state index contributed by atoms with van der Waals surface area (Å²) in [5, 5.41) is 117. The number of carboxylic acids is 1. The summed E-state index contributed by atoms with van der Waals surface area (Å²) in [5.41, 5.74) is -0.965. The van der Waals surface area contributed by atoms with Crippen LogP contribution in [0.2, 0.25) is 0 Å². The van der Waals surface area contributed by atoms with Crippen LogP contribution in [0.1, 0.15) is 120 Å². The van der Waals surface area contributed by atoms with Crippen LogP contribution < -0.4 is 0 Å². The molecule has 4 aliphatic heterocycles. The van der Waals surface area contributed by atoms with Gasteiger partial charge in [0.05, 0.1) is 30.8 Å². The highest BCUT2D eigenvalue weighted by Crippen LogP contribution is 2.76. The van der Waals surface area contributed by atoms with Crippen LogP contribution >= 0.6 is 0 Å². The second kappa shape index (κ2) is 19.7. The Morgan fingerprint density at radius 1 is 0.603 bits per heavy atom. The predicted octanol–water partition coefficient (Wildman–Crippen LogP) is 0.363. The van der Waals surface area contributed by atoms with Crippen LogP contribution in [0.15, 0.2) is 11.6 Å². The molecule has 26 atom stereocenters. The Hall–Kier alpha value is -2.00. The number of allylic oxidation sites excluding steroid dienone is 2. The predicted molar refractivity (Wildman–Crippen MR) is 250 cm³/mol. The molecule has 0 bridgehead atoms. The molecule has 21 nitrogen and oxygen atoms in total. The number of aliphatic carboxylic acids is 1. The molecule has 8 fully saturated rings. The molecule has 0 amide bonds. The molecule has 416 valence electrons. The fourth-order valence-corrected chi connectivity index (χ4v) is 15.9. The van der Waals surface area contributed by atoms with Crippen LogP contribution in [-0.2, 0) is 47.5 Å². The molecule has 9 aliphatic rings. The minimum absolute atomic E-state index is 0.116. The first kappa shape index (κ1) is 55.7. The van der Waals surface area contributed by atoms with E-state index >= 15 is 4.79 Å². The van der Waals surface area contributed by atoms with E-state index in [1.807, 2.05) is 0 Å². The molecule has 0 spiro atoms. The Morgan fingerprint density at radius 2 is 1.21 bits per heavy atom. The van der Waals surface area contributed by atoms with Crippen molar-refractivity contribution in [2.24, 2.45) is 50.2 Å². The normalized spacial score (nSPS) is 53.6. The van der Waals surface area contributed by atoms with Gasteiger partial charge in [0.15, 0.2) is 31.1 Å². The van der Waals surface area contributed by atoms with Crippen LogP contribution in [-0.4, -0.2) is 198 Å². The van der Waals surface area contributed by atoms with Crippen molar-refractivity contribution in [1.82, 2.24) is 0 Å². The Labute approximate surface area is 426 Å². The molecule has 4 heterocycles. The second-order valence-electron chi connectivity index (χ2n) is 25.4. The molecular weight excluding hydrogens is 961 g/mol. The van der Waals surface area contributed by atoms with Crippen molar-refractivity contribution in [1.29, 1.82) is 0 Å². The maximum atomic E-state index is 15.2. The van der Waals surface area contributed by atoms with Crippen molar-refractivity contribution >= 4 is 11.9 Å². The fourth-order valence-electron chi connectivity index (χ4n) is 15.9. The van der Waals surface area contributed by atoms with Crippen LogP contribution in [0.25, 0.3) is 0 Å². The second-order valence-corrected chi connectivity index (χ2v) is 25.4. The summed E-state index contributed by atoms with van der Waals surface area (Å²) in [6.45, 7) is 16.7. The van der Waals surface area contributed by atoms with Gasteiger partial charge < -0.3 is 94.1 Å². The smallest absolute Gasteiger partial charge is 0.335 e. The van der Waals surface area contributed by atoms with E-state index in [1.165, 1.54) is 12.5 Å². The van der Waals surface area contributed by atoms with E-state index in [0.717, 1.165) is 38.5 Å². The average molecular weight is 1040 g/mol. The lowest BCUT2D eigenvalue weighted by Gasteiger charge is -2.71. The molecule has 21 heteroatoms. The highest BCUT2D eigenvalue weighted by atomic mass is 16.8. The number of hydrogen-bond acceptors (Lipinski definition) is 20. The molecule has 4 saturated carbocycles. The summed E-state index contributed by atoms with van der Waals surface area (Å²) in [6.07, 6.45) is -19.3. The van der Waals surface area contributed by atoms with Gasteiger partial charge in [-0.3, -0.25) is 4.79 Å². The van der Waals surface area contributed by atoms with Gasteiger partial charge in [-0.25, -0.2) is 4.79 Å². The number of aliphatic hydroxyl groups excluding tert-OH is 10. The molecule has 0 aromatic carbocycles. The summed E-state index contributed by atoms with van der Waals surface area (Å²) in [5.74, 6) is -1.79. The van der Waals surface area contributed by atoms with E-state index < -0.39 is 146 Å². The number of aliphatic hydroxyl groups is 10. The quantitative estimate of drug-likeness (QED) is 0.0844. The molecule has 0 radical (unpaired) electrons. The number of ether oxygens (including phenoxy) is 8. The van der Waals surface area contributed by atoms with Gasteiger partial charge in [-0.2, -0.15) is 0 Å². The van der Waals surface area contributed by atoms with Crippen molar-refractivity contribution in [3.8, 4) is 0 Å². The molecule has 0 aromatic rings. The third-order valence-electron chi connectivity index (χ3n) is 20.6. The Bertz CT molecular complexity index is 2070. The standard InChI is InChI=1S/C52H82O21/c1-22-38(70-42-35(60)30(55)25(53)20-66-42)34(59)37(62)43(68-22)72-40-31(56)26(54)21-67-45(40)73-46(65)52-17-15-47(2,3)19-24(52)23-9-10-28-49(6)13-12-29(69-44-36(61)32(57)33(58)39(71-44)41(63)64)48(4,5)27(49)11-14-51(28,8)50(23,7)16-18-52/h9,22,24-40,42-45,53-62H,10-21H2,1-8H3,(H,63,64)/t22?,24-,25?,26?,27-,28+,29-,30?,31?,32?,33?,34?,35?,36?,37?,38?,39?,40?,42?,43?,44?,45?,49-,50+,51+,52-/m0/s1. The minimum atomic E-state index is -1.83. The lowest BCUT2D eigenvalue weighted by molar-refractivity contribution is -0.368. The number of carbonyl (C=O) groups excluding carboxylic acids is 1. The molecule has 4 saturated heterocycles. The lowest BCUT2D eigenvalue weighted by Crippen LogP contribution is -2.66. The van der Waals surface area contributed by atoms with Crippen molar-refractivity contribution in [2.75, 3.05) is 13.2 Å². The monoisotopic (exact) mass is 1040 g/mol. The minimum Gasteiger partial charge on any atom is -0.479 e. The summed E-state index contributed by atoms with van der Waals surface area (Å²) in [6, 6.07) is 0. The molecule has 18 unspecified atom stereocenters. The molecule has 9 rings (SSSR count). The summed E-state index contributed by atoms with van der Waals surface area (Å²) in [4.78, 5) is 27.1. The van der Waals surface area contributed by atoms with E-state index in [-0.39, 0.29) is 46.0 Å². The Kier molecular flexibility index (Phi) is 15.1. The number of carbonyl (C=O) groups is 2. The van der Waals surface area contributed by atoms with Crippen molar-refractivity contribution in [3.63, 3.8) is 0 Å². The first-order chi connectivity index (χ1) is 34.0. The van der Waals surface area contributed by atoms with Gasteiger partial charge in [0.25, 0.3) is 0 Å². The first-order valence-electron chi connectivity index (χ1n) is 26.5. The maximum absolute atomic E-state index is 15.2. The topological polar surface area (TPSA) is 331 Å². The zero-order valence-corrected chi connectivity index (χ0v) is 43.3. The number of hydrogen-bond donors (Lipinski definition) is 11. The molecular formula is C52H82O21. The third kappa shape index (κ3) is 9.06. The van der Waals surface area contributed by atoms with Crippen molar-refractivity contribution < 1.29 is 104 Å². The largest absolute Gasteiger partial charge is 0.479 e. The SMILES string of the molecule is CC1OC(OC2C(OC(=O)[C@]34CCC(C)(C)C[C@H]3C3=CC[C@@H]5[C@@]6(C)CC[C@H](OC7OC(C(=O)O)C(O)C(O)C7O)C(C)(C)[C@@H]6CC[C@@]5(C)[C@]3(C)CC4)OCC(O)C2O)C(O)C(O)C1OC1OCC(O)C(O)C1O. The number of esters is 1. The zero-order valence-electron chi connectivity index (χ0n) is 43.3. The first-order valence-corrected chi connectivity index (χ1v) is 26.5. The van der Waals surface area contributed by atoms with Crippen LogP contribution in [0.4, 0.5) is 0 Å². The van der Waals surface area contributed by atoms with E-state index in [9.17, 15) is 61.0 Å². The number of fused-ring (bicyclic) bond motifs is 7. The van der Waals surface area contributed by atoms with Crippen molar-refractivity contribution in [3.05, 3.63) is 11.6 Å². The van der Waals surface area contributed by atoms with Gasteiger partial charge in [-0.15, -0.1) is 0 Å². The van der Waals surface area contributed by atoms with E-state index in [1.54, 1.807) is 0 Å². The lowest BCUT2D eigenvalue weighted by atomic mass is 9.33. The maximum Gasteiger partial charge on any atom is 0.335 e. The summed E-state index contributed by atoms with van der Waals surface area (Å²) >= 11 is 0.